The van der Waals surface area contributed by atoms with E-state index in [2.05, 4.69) is 17.0 Å². The van der Waals surface area contributed by atoms with Crippen LogP contribution in [0.25, 0.3) is 11.1 Å². The summed E-state index contributed by atoms with van der Waals surface area (Å²) in [6.07, 6.45) is 12.7. The van der Waals surface area contributed by atoms with Crippen molar-refractivity contribution >= 4 is 17.5 Å². The molecule has 0 N–H and O–H groups in total. The predicted molar refractivity (Wildman–Crippen MR) is 174 cm³/mol. The minimum Gasteiger partial charge on any atom is -0.337 e. The second-order valence-electron chi connectivity index (χ2n) is 11.9. The van der Waals surface area contributed by atoms with Crippen LogP contribution in [0.4, 0.5) is 0 Å². The minimum absolute atomic E-state index is 0.0211. The largest absolute Gasteiger partial charge is 0.337 e. The van der Waals surface area contributed by atoms with E-state index in [0.29, 0.717) is 23.1 Å². The van der Waals surface area contributed by atoms with Gasteiger partial charge >= 0.3 is 0 Å². The summed E-state index contributed by atoms with van der Waals surface area (Å²) in [5.74, 6) is 0.122. The quantitative estimate of drug-likeness (QED) is 0.193. The number of amides is 1. The van der Waals surface area contributed by atoms with E-state index in [9.17, 15) is 14.4 Å². The van der Waals surface area contributed by atoms with Gasteiger partial charge in [-0.15, -0.1) is 0 Å². The fourth-order valence-electron chi connectivity index (χ4n) is 6.28. The molecule has 0 aromatic heterocycles. The van der Waals surface area contributed by atoms with E-state index in [1.807, 2.05) is 59.5 Å². The maximum atomic E-state index is 13.2. The monoisotopic (exact) mass is 576 g/mol. The summed E-state index contributed by atoms with van der Waals surface area (Å²) in [4.78, 5) is 42.7. The maximum Gasteiger partial charge on any atom is 0.253 e. The Morgan fingerprint density at radius 2 is 1.23 bits per heavy atom. The van der Waals surface area contributed by atoms with Crippen LogP contribution in [-0.2, 0) is 0 Å². The van der Waals surface area contributed by atoms with Gasteiger partial charge in [0.25, 0.3) is 5.91 Å². The molecule has 0 unspecified atom stereocenters. The molecule has 0 atom stereocenters. The number of allylic oxidation sites excluding steroid dienone is 2. The zero-order valence-corrected chi connectivity index (χ0v) is 25.3. The fraction of sp³-hybridized carbons (Fsp3) is 0.395. The molecule has 224 valence electrons. The number of benzene rings is 3. The molecular formula is C38H44N2O3. The Labute approximate surface area is 256 Å². The van der Waals surface area contributed by atoms with Crippen LogP contribution in [0.15, 0.2) is 90.5 Å². The van der Waals surface area contributed by atoms with E-state index in [-0.39, 0.29) is 17.5 Å². The summed E-state index contributed by atoms with van der Waals surface area (Å²) >= 11 is 0. The van der Waals surface area contributed by atoms with Gasteiger partial charge in [0.05, 0.1) is 0 Å². The molecular weight excluding hydrogens is 532 g/mol. The Balaban J connectivity index is 0.915. The number of unbranched alkanes of at least 4 members (excludes halogenated alkanes) is 7. The zero-order valence-electron chi connectivity index (χ0n) is 25.3. The molecule has 0 radical (unpaired) electrons. The Hall–Kier alpha value is -3.83. The van der Waals surface area contributed by atoms with Gasteiger partial charge in [-0.2, -0.15) is 0 Å². The lowest BCUT2D eigenvalue weighted by atomic mass is 9.87. The fourth-order valence-corrected chi connectivity index (χ4v) is 6.28. The van der Waals surface area contributed by atoms with Gasteiger partial charge in [-0.3, -0.25) is 14.4 Å². The van der Waals surface area contributed by atoms with Crippen LogP contribution in [0, 0.1) is 0 Å². The van der Waals surface area contributed by atoms with Crippen molar-refractivity contribution in [3.8, 4) is 11.1 Å². The molecule has 1 amide bonds. The normalized spacial score (nSPS) is 15.6. The van der Waals surface area contributed by atoms with Gasteiger partial charge in [0.1, 0.15) is 0 Å². The minimum atomic E-state index is -0.0406. The van der Waals surface area contributed by atoms with E-state index in [4.69, 9.17) is 0 Å². The number of hydrogen-bond acceptors (Lipinski definition) is 4. The maximum absolute atomic E-state index is 13.2. The molecule has 0 spiro atoms. The number of hydrogen-bond donors (Lipinski definition) is 0. The van der Waals surface area contributed by atoms with Gasteiger partial charge in [0, 0.05) is 41.9 Å². The SMILES string of the molecule is O=C1C=C(CCCCCCCCCCN2CCCN(C(=O)c3ccc(-c4ccccc4)cc3)CC2)C(=O)c2ccccc21. The van der Waals surface area contributed by atoms with E-state index in [1.165, 1.54) is 44.1 Å². The number of carbonyl (C=O) groups is 3. The first kappa shape index (κ1) is 30.6. The first-order chi connectivity index (χ1) is 21.1. The molecule has 1 aliphatic carbocycles. The summed E-state index contributed by atoms with van der Waals surface area (Å²) in [5.41, 5.74) is 4.83. The second kappa shape index (κ2) is 15.6. The van der Waals surface area contributed by atoms with Crippen molar-refractivity contribution in [1.82, 2.24) is 9.80 Å². The molecule has 3 aromatic carbocycles. The average Bonchev–Trinajstić information content (AvgIpc) is 3.30. The van der Waals surface area contributed by atoms with E-state index < -0.39 is 0 Å². The first-order valence-electron chi connectivity index (χ1n) is 16.2. The van der Waals surface area contributed by atoms with E-state index >= 15 is 0 Å². The molecule has 1 fully saturated rings. The lowest BCUT2D eigenvalue weighted by Gasteiger charge is -2.22. The molecule has 5 rings (SSSR count). The van der Waals surface area contributed by atoms with Crippen LogP contribution in [0.5, 0.6) is 0 Å². The molecule has 2 aliphatic rings. The Morgan fingerprint density at radius 3 is 1.98 bits per heavy atom. The van der Waals surface area contributed by atoms with Gasteiger partial charge in [-0.1, -0.05) is 105 Å². The Kier molecular flexibility index (Phi) is 11.1. The first-order valence-corrected chi connectivity index (χ1v) is 16.2. The summed E-state index contributed by atoms with van der Waals surface area (Å²) in [6.45, 7) is 4.74. The molecule has 1 aliphatic heterocycles. The van der Waals surface area contributed by atoms with Gasteiger partial charge in [0.2, 0.25) is 0 Å². The summed E-state index contributed by atoms with van der Waals surface area (Å²) < 4.78 is 0. The van der Waals surface area contributed by atoms with Crippen LogP contribution in [0.2, 0.25) is 0 Å². The third-order valence-corrected chi connectivity index (χ3v) is 8.82. The summed E-state index contributed by atoms with van der Waals surface area (Å²) in [7, 11) is 0. The van der Waals surface area contributed by atoms with Crippen LogP contribution in [0.3, 0.4) is 0 Å². The number of Topliss-reactive ketones (excluding diaryl/α,β-unsaturated/α-hetero) is 1. The second-order valence-corrected chi connectivity index (χ2v) is 11.9. The smallest absolute Gasteiger partial charge is 0.253 e. The van der Waals surface area contributed by atoms with Crippen LogP contribution in [-0.4, -0.2) is 60.0 Å². The highest BCUT2D eigenvalue weighted by atomic mass is 16.2. The molecule has 0 saturated carbocycles. The van der Waals surface area contributed by atoms with Crippen molar-refractivity contribution in [2.24, 2.45) is 0 Å². The number of fused-ring (bicyclic) bond motifs is 1. The van der Waals surface area contributed by atoms with Crippen molar-refractivity contribution in [1.29, 1.82) is 0 Å². The van der Waals surface area contributed by atoms with Gasteiger partial charge in [-0.25, -0.2) is 0 Å². The summed E-state index contributed by atoms with van der Waals surface area (Å²) in [6, 6.07) is 25.4. The predicted octanol–water partition coefficient (Wildman–Crippen LogP) is 8.02. The summed E-state index contributed by atoms with van der Waals surface area (Å²) in [5, 5.41) is 0. The molecule has 1 saturated heterocycles. The molecule has 1 heterocycles. The Morgan fingerprint density at radius 1 is 0.605 bits per heavy atom. The standard InChI is InChI=1S/C38H44N2O3/c41-36-29-33(37(42)35-19-12-11-18-34(35)36)17-8-5-3-1-2-4-6-13-24-39-25-14-26-40(28-27-39)38(43)32-22-20-31(21-23-32)30-15-9-7-10-16-30/h7,9-12,15-16,18-23,29H,1-6,8,13-14,17,24-28H2. The number of ketones is 2. The highest BCUT2D eigenvalue weighted by molar-refractivity contribution is 6.24. The lowest BCUT2D eigenvalue weighted by Crippen LogP contribution is -2.35. The molecule has 5 nitrogen and oxygen atoms in total. The van der Waals surface area contributed by atoms with E-state index in [0.717, 1.165) is 63.1 Å². The third-order valence-electron chi connectivity index (χ3n) is 8.82. The number of rotatable bonds is 13. The highest BCUT2D eigenvalue weighted by Crippen LogP contribution is 2.25. The topological polar surface area (TPSA) is 57.7 Å². The van der Waals surface area contributed by atoms with Gasteiger partial charge in [0.15, 0.2) is 11.6 Å². The molecule has 0 bridgehead atoms. The zero-order chi connectivity index (χ0) is 29.9. The number of carbonyl (C=O) groups excluding carboxylic acids is 3. The van der Waals surface area contributed by atoms with Crippen molar-refractivity contribution < 1.29 is 14.4 Å². The van der Waals surface area contributed by atoms with Gasteiger partial charge < -0.3 is 9.80 Å². The molecule has 43 heavy (non-hydrogen) atoms. The van der Waals surface area contributed by atoms with Crippen molar-refractivity contribution in [2.45, 2.75) is 64.2 Å². The average molecular weight is 577 g/mol. The van der Waals surface area contributed by atoms with Crippen molar-refractivity contribution in [3.05, 3.63) is 107 Å². The lowest BCUT2D eigenvalue weighted by molar-refractivity contribution is 0.0761. The van der Waals surface area contributed by atoms with Crippen molar-refractivity contribution in [2.75, 3.05) is 32.7 Å². The van der Waals surface area contributed by atoms with Crippen LogP contribution < -0.4 is 0 Å². The van der Waals surface area contributed by atoms with Crippen LogP contribution >= 0.6 is 0 Å². The van der Waals surface area contributed by atoms with Crippen molar-refractivity contribution in [3.63, 3.8) is 0 Å². The van der Waals surface area contributed by atoms with E-state index in [1.54, 1.807) is 18.2 Å². The van der Waals surface area contributed by atoms with Gasteiger partial charge in [-0.05, 0) is 68.1 Å². The third kappa shape index (κ3) is 8.39. The highest BCUT2D eigenvalue weighted by Gasteiger charge is 2.24. The number of nitrogens with zero attached hydrogens (tertiary/aromatic N) is 2. The van der Waals surface area contributed by atoms with Crippen LogP contribution in [0.1, 0.15) is 95.3 Å². The Bertz CT molecular complexity index is 1410. The molecule has 3 aromatic rings. The molecule has 5 heteroatoms.